The van der Waals surface area contributed by atoms with Crippen LogP contribution in [0, 0.1) is 0 Å². The van der Waals surface area contributed by atoms with Crippen LogP contribution in [0.2, 0.25) is 0 Å². The van der Waals surface area contributed by atoms with Gasteiger partial charge in [0.1, 0.15) is 0 Å². The first-order valence-corrected chi connectivity index (χ1v) is 5.29. The SMILES string of the molecule is CNC(CCCCCNC(C)=O)C(N)=O. The number of hydrogen-bond acceptors (Lipinski definition) is 3. The second-order valence-corrected chi connectivity index (χ2v) is 3.58. The van der Waals surface area contributed by atoms with Gasteiger partial charge in [-0.1, -0.05) is 12.8 Å². The lowest BCUT2D eigenvalue weighted by molar-refractivity contribution is -0.120. The summed E-state index contributed by atoms with van der Waals surface area (Å²) < 4.78 is 0. The van der Waals surface area contributed by atoms with Crippen molar-refractivity contribution in [1.82, 2.24) is 10.6 Å². The molecule has 0 aromatic carbocycles. The minimum atomic E-state index is -0.306. The van der Waals surface area contributed by atoms with Crippen LogP contribution in [-0.4, -0.2) is 31.4 Å². The van der Waals surface area contributed by atoms with Gasteiger partial charge in [-0.2, -0.15) is 0 Å². The van der Waals surface area contributed by atoms with Gasteiger partial charge in [0.15, 0.2) is 0 Å². The maximum absolute atomic E-state index is 10.8. The fourth-order valence-corrected chi connectivity index (χ4v) is 1.34. The van der Waals surface area contributed by atoms with E-state index in [0.717, 1.165) is 25.7 Å². The Morgan fingerprint density at radius 3 is 2.40 bits per heavy atom. The fourth-order valence-electron chi connectivity index (χ4n) is 1.34. The third-order valence-corrected chi connectivity index (χ3v) is 2.24. The van der Waals surface area contributed by atoms with Gasteiger partial charge in [-0.3, -0.25) is 9.59 Å². The highest BCUT2D eigenvalue weighted by Gasteiger charge is 2.10. The van der Waals surface area contributed by atoms with Crippen molar-refractivity contribution in [3.05, 3.63) is 0 Å². The van der Waals surface area contributed by atoms with Crippen LogP contribution in [0.25, 0.3) is 0 Å². The Hall–Kier alpha value is -1.10. The van der Waals surface area contributed by atoms with E-state index in [1.807, 2.05) is 0 Å². The van der Waals surface area contributed by atoms with Crippen LogP contribution < -0.4 is 16.4 Å². The Kier molecular flexibility index (Phi) is 7.62. The molecule has 0 bridgehead atoms. The highest BCUT2D eigenvalue weighted by molar-refractivity contribution is 5.79. The number of carbonyl (C=O) groups is 2. The summed E-state index contributed by atoms with van der Waals surface area (Å²) in [5.74, 6) is -0.306. The van der Waals surface area contributed by atoms with Crippen LogP contribution in [0.5, 0.6) is 0 Å². The fraction of sp³-hybridized carbons (Fsp3) is 0.800. The Morgan fingerprint density at radius 1 is 1.27 bits per heavy atom. The van der Waals surface area contributed by atoms with Crippen LogP contribution in [0.1, 0.15) is 32.6 Å². The summed E-state index contributed by atoms with van der Waals surface area (Å²) in [6.45, 7) is 2.21. The molecular weight excluding hydrogens is 194 g/mol. The number of carbonyl (C=O) groups excluding carboxylic acids is 2. The van der Waals surface area contributed by atoms with Gasteiger partial charge in [0.05, 0.1) is 6.04 Å². The van der Waals surface area contributed by atoms with E-state index in [0.29, 0.717) is 6.54 Å². The summed E-state index contributed by atoms with van der Waals surface area (Å²) in [5.41, 5.74) is 5.17. The van der Waals surface area contributed by atoms with Gasteiger partial charge < -0.3 is 16.4 Å². The molecule has 5 heteroatoms. The third kappa shape index (κ3) is 7.93. The molecule has 0 rings (SSSR count). The standard InChI is InChI=1S/C10H21N3O2/c1-8(14)13-7-5-3-4-6-9(12-2)10(11)15/h9,12H,3-7H2,1-2H3,(H2,11,15)(H,13,14). The van der Waals surface area contributed by atoms with E-state index in [-0.39, 0.29) is 17.9 Å². The lowest BCUT2D eigenvalue weighted by atomic mass is 10.1. The summed E-state index contributed by atoms with van der Waals surface area (Å²) in [5, 5.41) is 5.59. The predicted molar refractivity (Wildman–Crippen MR) is 59.2 cm³/mol. The van der Waals surface area contributed by atoms with Crippen LogP contribution in [-0.2, 0) is 9.59 Å². The topological polar surface area (TPSA) is 84.2 Å². The van der Waals surface area contributed by atoms with Crippen molar-refractivity contribution >= 4 is 11.8 Å². The van der Waals surface area contributed by atoms with Crippen molar-refractivity contribution < 1.29 is 9.59 Å². The van der Waals surface area contributed by atoms with Gasteiger partial charge in [0, 0.05) is 13.5 Å². The normalized spacial score (nSPS) is 12.1. The zero-order valence-electron chi connectivity index (χ0n) is 9.51. The van der Waals surface area contributed by atoms with Crippen LogP contribution >= 0.6 is 0 Å². The molecule has 5 nitrogen and oxygen atoms in total. The Labute approximate surface area is 90.8 Å². The second kappa shape index (κ2) is 8.23. The van der Waals surface area contributed by atoms with Crippen molar-refractivity contribution in [2.75, 3.05) is 13.6 Å². The molecule has 0 aromatic rings. The van der Waals surface area contributed by atoms with Crippen LogP contribution in [0.15, 0.2) is 0 Å². The maximum atomic E-state index is 10.8. The summed E-state index contributed by atoms with van der Waals surface area (Å²) in [6, 6.07) is -0.231. The van der Waals surface area contributed by atoms with Gasteiger partial charge in [-0.25, -0.2) is 0 Å². The Bertz CT molecular complexity index is 207. The largest absolute Gasteiger partial charge is 0.368 e. The smallest absolute Gasteiger partial charge is 0.234 e. The zero-order chi connectivity index (χ0) is 11.7. The second-order valence-electron chi connectivity index (χ2n) is 3.58. The molecule has 0 aromatic heterocycles. The molecule has 0 aliphatic heterocycles. The monoisotopic (exact) mass is 215 g/mol. The number of amides is 2. The highest BCUT2D eigenvalue weighted by Crippen LogP contribution is 2.02. The molecule has 2 amide bonds. The lowest BCUT2D eigenvalue weighted by Gasteiger charge is -2.11. The van der Waals surface area contributed by atoms with E-state index >= 15 is 0 Å². The molecule has 4 N–H and O–H groups in total. The number of nitrogens with one attached hydrogen (secondary N) is 2. The summed E-state index contributed by atoms with van der Waals surface area (Å²) >= 11 is 0. The first-order chi connectivity index (χ1) is 7.07. The van der Waals surface area contributed by atoms with E-state index in [4.69, 9.17) is 5.73 Å². The average Bonchev–Trinajstić information content (AvgIpc) is 2.15. The van der Waals surface area contributed by atoms with Gasteiger partial charge >= 0.3 is 0 Å². The third-order valence-electron chi connectivity index (χ3n) is 2.24. The molecule has 0 aliphatic rings. The average molecular weight is 215 g/mol. The Balaban J connectivity index is 3.37. The van der Waals surface area contributed by atoms with Crippen molar-refractivity contribution in [2.24, 2.45) is 5.73 Å². The van der Waals surface area contributed by atoms with Crippen molar-refractivity contribution in [1.29, 1.82) is 0 Å². The highest BCUT2D eigenvalue weighted by atomic mass is 16.1. The summed E-state index contributed by atoms with van der Waals surface area (Å²) in [6.07, 6.45) is 3.63. The number of unbranched alkanes of at least 4 members (excludes halogenated alkanes) is 2. The molecule has 0 fully saturated rings. The van der Waals surface area contributed by atoms with E-state index < -0.39 is 0 Å². The number of primary amides is 1. The molecular formula is C10H21N3O2. The first-order valence-electron chi connectivity index (χ1n) is 5.29. The van der Waals surface area contributed by atoms with E-state index in [1.54, 1.807) is 7.05 Å². The van der Waals surface area contributed by atoms with Crippen LogP contribution in [0.4, 0.5) is 0 Å². The Morgan fingerprint density at radius 2 is 1.93 bits per heavy atom. The lowest BCUT2D eigenvalue weighted by Crippen LogP contribution is -2.38. The van der Waals surface area contributed by atoms with Crippen LogP contribution in [0.3, 0.4) is 0 Å². The molecule has 88 valence electrons. The first kappa shape index (κ1) is 13.9. The molecule has 15 heavy (non-hydrogen) atoms. The molecule has 0 radical (unpaired) electrons. The molecule has 1 atom stereocenters. The predicted octanol–water partition coefficient (Wildman–Crippen LogP) is -0.244. The number of likely N-dealkylation sites (N-methyl/N-ethyl adjacent to an activating group) is 1. The summed E-state index contributed by atoms with van der Waals surface area (Å²) in [7, 11) is 1.73. The number of hydrogen-bond donors (Lipinski definition) is 3. The van der Waals surface area contributed by atoms with Crippen molar-refractivity contribution in [3.8, 4) is 0 Å². The molecule has 0 spiro atoms. The van der Waals surface area contributed by atoms with Gasteiger partial charge in [0.25, 0.3) is 0 Å². The zero-order valence-corrected chi connectivity index (χ0v) is 9.51. The maximum Gasteiger partial charge on any atom is 0.234 e. The quantitative estimate of drug-likeness (QED) is 0.488. The van der Waals surface area contributed by atoms with Crippen molar-refractivity contribution in [3.63, 3.8) is 0 Å². The van der Waals surface area contributed by atoms with Gasteiger partial charge in [0.2, 0.25) is 11.8 Å². The summed E-state index contributed by atoms with van der Waals surface area (Å²) in [4.78, 5) is 21.4. The molecule has 0 heterocycles. The van der Waals surface area contributed by atoms with Gasteiger partial charge in [-0.05, 0) is 19.9 Å². The van der Waals surface area contributed by atoms with E-state index in [1.165, 1.54) is 6.92 Å². The molecule has 0 saturated heterocycles. The van der Waals surface area contributed by atoms with E-state index in [2.05, 4.69) is 10.6 Å². The minimum Gasteiger partial charge on any atom is -0.368 e. The van der Waals surface area contributed by atoms with E-state index in [9.17, 15) is 9.59 Å². The molecule has 0 aliphatic carbocycles. The minimum absolute atomic E-state index is 0.000220. The van der Waals surface area contributed by atoms with Crippen molar-refractivity contribution in [2.45, 2.75) is 38.6 Å². The molecule has 1 unspecified atom stereocenters. The molecule has 0 saturated carbocycles. The number of nitrogens with two attached hydrogens (primary N) is 1. The van der Waals surface area contributed by atoms with Gasteiger partial charge in [-0.15, -0.1) is 0 Å². The number of rotatable bonds is 8.